The normalized spacial score (nSPS) is 42.2. The maximum absolute atomic E-state index is 4.65. The second-order valence-electron chi connectivity index (χ2n) is 7.64. The summed E-state index contributed by atoms with van der Waals surface area (Å²) in [6.45, 7) is 0. The number of hydrogen-bond acceptors (Lipinski definition) is 1. The van der Waals surface area contributed by atoms with E-state index in [0.717, 1.165) is 28.9 Å². The third-order valence-corrected chi connectivity index (χ3v) is 7.06. The van der Waals surface area contributed by atoms with Gasteiger partial charge in [0.1, 0.15) is 0 Å². The standard InChI is InChI=1S/C18H32S/c19-18-12-10-17(11-13-18)16-8-6-15(7-9-16)14-4-2-1-3-5-14/h14-19H,1-13H2. The highest BCUT2D eigenvalue weighted by molar-refractivity contribution is 7.80. The van der Waals surface area contributed by atoms with Gasteiger partial charge in [-0.25, -0.2) is 0 Å². The zero-order valence-corrected chi connectivity index (χ0v) is 13.4. The maximum Gasteiger partial charge on any atom is 0.00170 e. The highest BCUT2D eigenvalue weighted by Gasteiger charge is 2.33. The Labute approximate surface area is 125 Å². The van der Waals surface area contributed by atoms with Crippen LogP contribution in [-0.4, -0.2) is 5.25 Å². The average molecular weight is 281 g/mol. The van der Waals surface area contributed by atoms with E-state index in [-0.39, 0.29) is 0 Å². The Morgan fingerprint density at radius 3 is 1.26 bits per heavy atom. The molecule has 3 rings (SSSR count). The van der Waals surface area contributed by atoms with Gasteiger partial charge in [-0.3, -0.25) is 0 Å². The van der Waals surface area contributed by atoms with Crippen molar-refractivity contribution in [2.45, 2.75) is 88.7 Å². The summed E-state index contributed by atoms with van der Waals surface area (Å²) in [5.74, 6) is 4.37. The summed E-state index contributed by atoms with van der Waals surface area (Å²) in [6.07, 6.45) is 19.6. The molecule has 19 heavy (non-hydrogen) atoms. The van der Waals surface area contributed by atoms with Gasteiger partial charge < -0.3 is 0 Å². The van der Waals surface area contributed by atoms with Crippen LogP contribution in [0.5, 0.6) is 0 Å². The van der Waals surface area contributed by atoms with E-state index in [2.05, 4.69) is 12.6 Å². The fourth-order valence-electron chi connectivity index (χ4n) is 5.27. The van der Waals surface area contributed by atoms with E-state index < -0.39 is 0 Å². The van der Waals surface area contributed by atoms with Crippen molar-refractivity contribution in [3.05, 3.63) is 0 Å². The molecule has 3 fully saturated rings. The molecular weight excluding hydrogens is 248 g/mol. The molecule has 3 aliphatic rings. The highest BCUT2D eigenvalue weighted by Crippen LogP contribution is 2.44. The van der Waals surface area contributed by atoms with Crippen LogP contribution in [0.2, 0.25) is 0 Å². The van der Waals surface area contributed by atoms with E-state index in [0.29, 0.717) is 0 Å². The molecule has 0 atom stereocenters. The lowest BCUT2D eigenvalue weighted by Crippen LogP contribution is -2.29. The average Bonchev–Trinajstić information content (AvgIpc) is 2.49. The van der Waals surface area contributed by atoms with Gasteiger partial charge in [-0.1, -0.05) is 32.1 Å². The van der Waals surface area contributed by atoms with E-state index in [1.165, 1.54) is 44.9 Å². The van der Waals surface area contributed by atoms with Crippen molar-refractivity contribution in [2.75, 3.05) is 0 Å². The molecular formula is C18H32S. The Hall–Kier alpha value is 0.350. The van der Waals surface area contributed by atoms with Gasteiger partial charge in [0.2, 0.25) is 0 Å². The molecule has 0 aliphatic heterocycles. The minimum Gasteiger partial charge on any atom is -0.176 e. The van der Waals surface area contributed by atoms with Gasteiger partial charge in [-0.2, -0.15) is 12.6 Å². The summed E-state index contributed by atoms with van der Waals surface area (Å²) >= 11 is 4.65. The van der Waals surface area contributed by atoms with Crippen LogP contribution in [0.15, 0.2) is 0 Å². The van der Waals surface area contributed by atoms with Crippen molar-refractivity contribution in [2.24, 2.45) is 23.7 Å². The molecule has 0 nitrogen and oxygen atoms in total. The highest BCUT2D eigenvalue weighted by atomic mass is 32.1. The third-order valence-electron chi connectivity index (χ3n) is 6.54. The lowest BCUT2D eigenvalue weighted by Gasteiger charge is -2.40. The zero-order valence-electron chi connectivity index (χ0n) is 12.5. The smallest absolute Gasteiger partial charge is 0.00170 e. The van der Waals surface area contributed by atoms with Crippen molar-refractivity contribution in [1.82, 2.24) is 0 Å². The second kappa shape index (κ2) is 6.87. The molecule has 0 spiro atoms. The van der Waals surface area contributed by atoms with E-state index in [4.69, 9.17) is 0 Å². The van der Waals surface area contributed by atoms with Gasteiger partial charge in [-0.15, -0.1) is 0 Å². The molecule has 0 aromatic rings. The predicted octanol–water partition coefficient (Wildman–Crippen LogP) is 5.86. The lowest BCUT2D eigenvalue weighted by atomic mass is 9.66. The Morgan fingerprint density at radius 2 is 0.789 bits per heavy atom. The van der Waals surface area contributed by atoms with Gasteiger partial charge in [-0.05, 0) is 75.0 Å². The van der Waals surface area contributed by atoms with Crippen LogP contribution in [0.3, 0.4) is 0 Å². The minimum absolute atomic E-state index is 0.717. The molecule has 0 aromatic carbocycles. The van der Waals surface area contributed by atoms with Crippen LogP contribution >= 0.6 is 12.6 Å². The molecule has 0 amide bonds. The van der Waals surface area contributed by atoms with E-state index in [1.54, 1.807) is 38.5 Å². The summed E-state index contributed by atoms with van der Waals surface area (Å²) in [4.78, 5) is 0. The summed E-state index contributed by atoms with van der Waals surface area (Å²) < 4.78 is 0. The first-order valence-corrected chi connectivity index (χ1v) is 9.52. The largest absolute Gasteiger partial charge is 0.176 e. The van der Waals surface area contributed by atoms with Gasteiger partial charge in [0.25, 0.3) is 0 Å². The Morgan fingerprint density at radius 1 is 0.421 bits per heavy atom. The van der Waals surface area contributed by atoms with Crippen molar-refractivity contribution in [3.8, 4) is 0 Å². The van der Waals surface area contributed by atoms with E-state index >= 15 is 0 Å². The Kier molecular flexibility index (Phi) is 5.17. The van der Waals surface area contributed by atoms with Gasteiger partial charge in [0.15, 0.2) is 0 Å². The number of thiol groups is 1. The van der Waals surface area contributed by atoms with Crippen molar-refractivity contribution >= 4 is 12.6 Å². The molecule has 0 saturated heterocycles. The summed E-state index contributed by atoms with van der Waals surface area (Å²) in [7, 11) is 0. The SMILES string of the molecule is SC1CCC(C2CCC(C3CCCCC3)CC2)CC1. The number of rotatable bonds is 2. The van der Waals surface area contributed by atoms with Gasteiger partial charge in [0.05, 0.1) is 0 Å². The fourth-order valence-corrected chi connectivity index (χ4v) is 5.56. The molecule has 0 bridgehead atoms. The van der Waals surface area contributed by atoms with Crippen LogP contribution in [0.25, 0.3) is 0 Å². The first kappa shape index (κ1) is 14.3. The third kappa shape index (κ3) is 3.71. The van der Waals surface area contributed by atoms with Crippen LogP contribution in [0.1, 0.15) is 83.5 Å². The quantitative estimate of drug-likeness (QED) is 0.602. The zero-order chi connectivity index (χ0) is 13.1. The van der Waals surface area contributed by atoms with Crippen LogP contribution in [0.4, 0.5) is 0 Å². The van der Waals surface area contributed by atoms with Gasteiger partial charge >= 0.3 is 0 Å². The monoisotopic (exact) mass is 280 g/mol. The second-order valence-corrected chi connectivity index (χ2v) is 8.37. The summed E-state index contributed by atoms with van der Waals surface area (Å²) in [5, 5.41) is 0.717. The molecule has 3 saturated carbocycles. The van der Waals surface area contributed by atoms with Gasteiger partial charge in [0, 0.05) is 5.25 Å². The fraction of sp³-hybridized carbons (Fsp3) is 1.00. The molecule has 3 aliphatic carbocycles. The molecule has 0 radical (unpaired) electrons. The predicted molar refractivity (Wildman–Crippen MR) is 86.8 cm³/mol. The van der Waals surface area contributed by atoms with E-state index in [9.17, 15) is 0 Å². The van der Waals surface area contributed by atoms with Crippen molar-refractivity contribution < 1.29 is 0 Å². The lowest BCUT2D eigenvalue weighted by molar-refractivity contribution is 0.124. The Balaban J connectivity index is 1.44. The molecule has 0 aromatic heterocycles. The molecule has 110 valence electrons. The Bertz CT molecular complexity index is 253. The van der Waals surface area contributed by atoms with Crippen molar-refractivity contribution in [1.29, 1.82) is 0 Å². The summed E-state index contributed by atoms with van der Waals surface area (Å²) in [5.41, 5.74) is 0. The molecule has 0 unspecified atom stereocenters. The van der Waals surface area contributed by atoms with Crippen molar-refractivity contribution in [3.63, 3.8) is 0 Å². The topological polar surface area (TPSA) is 0 Å². The van der Waals surface area contributed by atoms with E-state index in [1.807, 2.05) is 0 Å². The molecule has 1 heteroatoms. The molecule has 0 heterocycles. The van der Waals surface area contributed by atoms with Crippen LogP contribution < -0.4 is 0 Å². The van der Waals surface area contributed by atoms with Crippen LogP contribution in [0, 0.1) is 23.7 Å². The maximum atomic E-state index is 4.65. The minimum atomic E-state index is 0.717. The molecule has 0 N–H and O–H groups in total. The van der Waals surface area contributed by atoms with Crippen LogP contribution in [-0.2, 0) is 0 Å². The first-order chi connectivity index (χ1) is 9.33. The first-order valence-electron chi connectivity index (χ1n) is 9.01. The number of hydrogen-bond donors (Lipinski definition) is 1. The summed E-state index contributed by atoms with van der Waals surface area (Å²) in [6, 6.07) is 0.